The van der Waals surface area contributed by atoms with Gasteiger partial charge in [0.2, 0.25) is 23.6 Å². The fourth-order valence-corrected chi connectivity index (χ4v) is 5.37. The Balaban J connectivity index is 0. The van der Waals surface area contributed by atoms with Crippen LogP contribution in [0.5, 0.6) is 5.88 Å². The third kappa shape index (κ3) is 23.3. The Morgan fingerprint density at radius 1 is 1.04 bits per heavy atom. The van der Waals surface area contributed by atoms with Gasteiger partial charge >= 0.3 is 0 Å². The van der Waals surface area contributed by atoms with Gasteiger partial charge in [0.15, 0.2) is 0 Å². The molecule has 1 aliphatic carbocycles. The Morgan fingerprint density at radius 2 is 1.60 bits per heavy atom. The van der Waals surface area contributed by atoms with Crippen LogP contribution in [-0.2, 0) is 14.4 Å². The van der Waals surface area contributed by atoms with Gasteiger partial charge in [-0.25, -0.2) is 9.37 Å². The molecule has 3 rings (SSSR count). The average Bonchev–Trinajstić information content (AvgIpc) is 3.17. The smallest absolute Gasteiger partial charge is 0.243 e. The van der Waals surface area contributed by atoms with Crippen molar-refractivity contribution < 1.29 is 28.6 Å². The molecular weight excluding hydrogens is 696 g/mol. The molecule has 1 aromatic carbocycles. The molecule has 0 spiro atoms. The number of aromatic nitrogens is 1. The number of nitrogens with zero attached hydrogens (tertiary/aromatic N) is 1. The second kappa shape index (κ2) is 30.0. The lowest BCUT2D eigenvalue weighted by Crippen LogP contribution is -2.54. The summed E-state index contributed by atoms with van der Waals surface area (Å²) in [4.78, 5) is 40.1. The first kappa shape index (κ1) is 52.8. The quantitative estimate of drug-likeness (QED) is 0.141. The number of hydrogen-bond acceptors (Lipinski definition) is 6. The van der Waals surface area contributed by atoms with Crippen molar-refractivity contribution in [3.63, 3.8) is 0 Å². The highest BCUT2D eigenvalue weighted by molar-refractivity contribution is 5.88. The first-order chi connectivity index (χ1) is 26.0. The number of carbonyl (C=O) groups excluding carboxylic acids is 3. The third-order valence-electron chi connectivity index (χ3n) is 8.58. The van der Waals surface area contributed by atoms with Gasteiger partial charge in [-0.1, -0.05) is 150 Å². The predicted octanol–water partition coefficient (Wildman–Crippen LogP) is 9.59. The van der Waals surface area contributed by atoms with E-state index in [1.165, 1.54) is 55.4 Å². The van der Waals surface area contributed by atoms with Crippen LogP contribution in [-0.4, -0.2) is 53.6 Å². The summed E-state index contributed by atoms with van der Waals surface area (Å²) in [6.45, 7) is 26.1. The van der Waals surface area contributed by atoms with Gasteiger partial charge in [-0.05, 0) is 48.3 Å². The van der Waals surface area contributed by atoms with E-state index in [2.05, 4.69) is 66.9 Å². The molecule has 3 amide bonds. The van der Waals surface area contributed by atoms with Gasteiger partial charge in [-0.2, -0.15) is 0 Å². The molecule has 0 bridgehead atoms. The van der Waals surface area contributed by atoms with Gasteiger partial charge in [-0.3, -0.25) is 14.4 Å². The molecular formula is C45H73FN4O5. The molecule has 1 aliphatic rings. The monoisotopic (exact) mass is 769 g/mol. The van der Waals surface area contributed by atoms with Crippen molar-refractivity contribution >= 4 is 17.7 Å². The van der Waals surface area contributed by atoms with Gasteiger partial charge in [0.25, 0.3) is 0 Å². The predicted molar refractivity (Wildman–Crippen MR) is 227 cm³/mol. The van der Waals surface area contributed by atoms with Crippen LogP contribution in [0.1, 0.15) is 119 Å². The number of halogens is 1. The number of nitrogens with one attached hydrogen (secondary N) is 2. The van der Waals surface area contributed by atoms with Crippen LogP contribution in [0.2, 0.25) is 0 Å². The molecule has 1 saturated carbocycles. The lowest BCUT2D eigenvalue weighted by Gasteiger charge is -2.30. The van der Waals surface area contributed by atoms with E-state index in [4.69, 9.17) is 10.5 Å². The third-order valence-corrected chi connectivity index (χ3v) is 8.58. The lowest BCUT2D eigenvalue weighted by atomic mass is 9.86. The minimum absolute atomic E-state index is 0.0428. The van der Waals surface area contributed by atoms with Crippen molar-refractivity contribution in [3.05, 3.63) is 84.9 Å². The van der Waals surface area contributed by atoms with E-state index in [1.807, 2.05) is 66.8 Å². The van der Waals surface area contributed by atoms with Crippen molar-refractivity contribution in [2.75, 3.05) is 13.7 Å². The fourth-order valence-electron chi connectivity index (χ4n) is 5.37. The Hall–Kier alpha value is -4.31. The highest BCUT2D eigenvalue weighted by atomic mass is 19.1. The second-order valence-corrected chi connectivity index (χ2v) is 14.2. The number of hydrogen-bond donors (Lipinski definition) is 4. The highest BCUT2D eigenvalue weighted by Crippen LogP contribution is 2.24. The standard InChI is InChI=1S/C21H34FN3O4.C13H13NO.C7H14.2C2H6/c1-7-9-14(13(3)22)10-15(19(23)28)11-16(26)12-24-20(29)18(21(4,5)6)25-17(27)8-2;1-10-3-5-11(6-4-10)12-7-8-13(15-2)14-9-12;1-7-5-3-2-4-6-7;2*1-2/h7,9,15-16,18,26H,1,3,8,10-12H2,2,4-6H3,(H2,23,28)(H,24,29)(H,25,27);3-9H,1-2H3;7H,2-6H2,1H3;2*1-2H3/b14-9-;;;;/t15?,16?,18-;;;;/m1..../s1. The van der Waals surface area contributed by atoms with Crippen LogP contribution in [0.3, 0.4) is 0 Å². The number of nitrogens with two attached hydrogens (primary N) is 1. The van der Waals surface area contributed by atoms with Crippen LogP contribution in [0, 0.1) is 24.2 Å². The van der Waals surface area contributed by atoms with Crippen molar-refractivity contribution in [1.82, 2.24) is 15.6 Å². The van der Waals surface area contributed by atoms with Gasteiger partial charge in [0.1, 0.15) is 11.9 Å². The van der Waals surface area contributed by atoms with E-state index < -0.39 is 41.1 Å². The highest BCUT2D eigenvalue weighted by Gasteiger charge is 2.33. The molecule has 1 fully saturated rings. The Labute approximate surface area is 332 Å². The zero-order valence-electron chi connectivity index (χ0n) is 35.8. The van der Waals surface area contributed by atoms with Crippen LogP contribution < -0.4 is 21.1 Å². The first-order valence-electron chi connectivity index (χ1n) is 19.8. The number of methoxy groups -OCH3 is 1. The van der Waals surface area contributed by atoms with Crippen LogP contribution >= 0.6 is 0 Å². The van der Waals surface area contributed by atoms with Crippen molar-refractivity contribution in [1.29, 1.82) is 0 Å². The number of amides is 3. The number of aliphatic hydroxyl groups excluding tert-OH is 1. The number of primary amides is 1. The molecule has 1 heterocycles. The number of ether oxygens (including phenoxy) is 1. The van der Waals surface area contributed by atoms with Gasteiger partial charge in [0.05, 0.1) is 13.2 Å². The summed E-state index contributed by atoms with van der Waals surface area (Å²) in [6, 6.07) is 11.5. The fraction of sp³-hybridized carbons (Fsp3) is 0.556. The summed E-state index contributed by atoms with van der Waals surface area (Å²) < 4.78 is 18.5. The normalized spacial score (nSPS) is 14.1. The van der Waals surface area contributed by atoms with Gasteiger partial charge in [0, 0.05) is 36.7 Å². The zero-order chi connectivity index (χ0) is 42.6. The molecule has 2 aromatic rings. The number of benzene rings is 1. The molecule has 10 heteroatoms. The molecule has 0 aliphatic heterocycles. The summed E-state index contributed by atoms with van der Waals surface area (Å²) >= 11 is 0. The molecule has 1 aromatic heterocycles. The summed E-state index contributed by atoms with van der Waals surface area (Å²) in [5.74, 6) is -1.29. The number of pyridine rings is 1. The maximum Gasteiger partial charge on any atom is 0.243 e. The maximum atomic E-state index is 13.5. The van der Waals surface area contributed by atoms with E-state index in [9.17, 15) is 23.9 Å². The zero-order valence-corrected chi connectivity index (χ0v) is 35.8. The topological polar surface area (TPSA) is 144 Å². The number of rotatable bonds is 14. The lowest BCUT2D eigenvalue weighted by molar-refractivity contribution is -0.131. The van der Waals surface area contributed by atoms with Crippen molar-refractivity contribution in [2.24, 2.45) is 23.0 Å². The summed E-state index contributed by atoms with van der Waals surface area (Å²) in [5, 5.41) is 15.5. The second-order valence-electron chi connectivity index (χ2n) is 14.2. The summed E-state index contributed by atoms with van der Waals surface area (Å²) in [6.07, 6.45) is 11.1. The van der Waals surface area contributed by atoms with E-state index >= 15 is 0 Å². The SMILES string of the molecule is C=C/C=C(/CC(CC(O)CNC(=O)[C@@H](NC(=O)CC)C(C)(C)C)C(N)=O)C(=C)F.CC.CC.CC1CCCCC1.COc1ccc(-c2ccc(C)cc2)cn1. The molecule has 9 nitrogen and oxygen atoms in total. The van der Waals surface area contributed by atoms with Crippen molar-refractivity contribution in [3.8, 4) is 17.0 Å². The van der Waals surface area contributed by atoms with E-state index in [0.29, 0.717) is 5.88 Å². The maximum absolute atomic E-state index is 13.5. The number of aryl methyl sites for hydroxylation is 1. The van der Waals surface area contributed by atoms with Crippen molar-refractivity contribution in [2.45, 2.75) is 133 Å². The van der Waals surface area contributed by atoms with E-state index in [1.54, 1.807) is 14.0 Å². The van der Waals surface area contributed by atoms with Crippen LogP contribution in [0.25, 0.3) is 11.1 Å². The van der Waals surface area contributed by atoms with E-state index in [-0.39, 0.29) is 37.3 Å². The molecule has 310 valence electrons. The average molecular weight is 769 g/mol. The first-order valence-corrected chi connectivity index (χ1v) is 19.8. The molecule has 3 atom stereocenters. The summed E-state index contributed by atoms with van der Waals surface area (Å²) in [7, 11) is 1.62. The molecule has 0 radical (unpaired) electrons. The Bertz CT molecular complexity index is 1410. The molecule has 2 unspecified atom stereocenters. The molecule has 0 saturated heterocycles. The summed E-state index contributed by atoms with van der Waals surface area (Å²) in [5.41, 5.74) is 8.54. The minimum atomic E-state index is -1.09. The largest absolute Gasteiger partial charge is 0.481 e. The van der Waals surface area contributed by atoms with Gasteiger partial charge < -0.3 is 26.2 Å². The van der Waals surface area contributed by atoms with E-state index in [0.717, 1.165) is 11.5 Å². The Morgan fingerprint density at radius 3 is 2.00 bits per heavy atom. The number of carbonyl (C=O) groups is 3. The minimum Gasteiger partial charge on any atom is -0.481 e. The molecule has 55 heavy (non-hydrogen) atoms. The van der Waals surface area contributed by atoms with Crippen LogP contribution in [0.15, 0.2) is 79.3 Å². The number of aliphatic hydroxyl groups is 1. The van der Waals surface area contributed by atoms with Gasteiger partial charge in [-0.15, -0.1) is 0 Å². The molecule has 5 N–H and O–H groups in total. The Kier molecular flexibility index (Phi) is 28.8. The van der Waals surface area contributed by atoms with Crippen LogP contribution in [0.4, 0.5) is 4.39 Å². The number of allylic oxidation sites excluding steroid dienone is 4.